The minimum Gasteiger partial charge on any atom is -0.481 e. The third kappa shape index (κ3) is 8.44. The number of rotatable bonds is 11. The van der Waals surface area contributed by atoms with E-state index in [2.05, 4.69) is 21.3 Å². The van der Waals surface area contributed by atoms with E-state index in [1.807, 2.05) is 0 Å². The molecule has 37 heavy (non-hydrogen) atoms. The van der Waals surface area contributed by atoms with Crippen molar-refractivity contribution in [1.82, 2.24) is 16.0 Å². The molecule has 0 saturated heterocycles. The summed E-state index contributed by atoms with van der Waals surface area (Å²) < 4.78 is 5.20. The number of aryl methyl sites for hydroxylation is 1. The maximum absolute atomic E-state index is 12.9. The molecular weight excluding hydrogens is 484 g/mol. The number of fused-ring (bicyclic) bond motifs is 1. The molecule has 0 aliphatic rings. The summed E-state index contributed by atoms with van der Waals surface area (Å²) in [5.41, 5.74) is 0.918. The van der Waals surface area contributed by atoms with Crippen molar-refractivity contribution in [2.24, 2.45) is 5.92 Å². The van der Waals surface area contributed by atoms with Gasteiger partial charge in [0.25, 0.3) is 0 Å². The normalized spacial score (nSPS) is 13.4. The molecule has 0 spiro atoms. The molecule has 2 rings (SSSR count). The second kappa shape index (κ2) is 12.7. The average Bonchev–Trinajstić information content (AvgIpc) is 2.80. The lowest BCUT2D eigenvalue weighted by Gasteiger charge is -2.24. The van der Waals surface area contributed by atoms with Crippen LogP contribution < -0.4 is 26.9 Å². The maximum atomic E-state index is 12.9. The largest absolute Gasteiger partial charge is 0.481 e. The molecule has 5 N–H and O–H groups in total. The van der Waals surface area contributed by atoms with E-state index in [-0.39, 0.29) is 18.8 Å². The molecule has 1 aromatic carbocycles. The molecule has 1 aromatic heterocycles. The highest BCUT2D eigenvalue weighted by Crippen LogP contribution is 2.21. The Hall–Kier alpha value is -4.22. The zero-order valence-electron chi connectivity index (χ0n) is 21.3. The monoisotopic (exact) mass is 516 g/mol. The van der Waals surface area contributed by atoms with Crippen molar-refractivity contribution in [1.29, 1.82) is 0 Å². The van der Waals surface area contributed by atoms with Gasteiger partial charge in [-0.25, -0.2) is 4.79 Å². The van der Waals surface area contributed by atoms with E-state index in [9.17, 15) is 28.8 Å². The number of benzene rings is 1. The van der Waals surface area contributed by atoms with Crippen molar-refractivity contribution in [2.75, 3.05) is 5.32 Å². The van der Waals surface area contributed by atoms with E-state index in [0.717, 1.165) is 10.9 Å². The number of carboxylic acids is 1. The summed E-state index contributed by atoms with van der Waals surface area (Å²) in [6.45, 7) is 8.08. The first-order valence-corrected chi connectivity index (χ1v) is 11.8. The lowest BCUT2D eigenvalue weighted by Crippen LogP contribution is -2.55. The molecule has 12 nitrogen and oxygen atoms in total. The fourth-order valence-corrected chi connectivity index (χ4v) is 3.44. The highest BCUT2D eigenvalue weighted by molar-refractivity contribution is 6.00. The number of carbonyl (C=O) groups is 5. The summed E-state index contributed by atoms with van der Waals surface area (Å²) in [5, 5.41) is 19.5. The first kappa shape index (κ1) is 29.0. The van der Waals surface area contributed by atoms with Gasteiger partial charge in [0.05, 0.1) is 6.42 Å². The molecule has 4 amide bonds. The van der Waals surface area contributed by atoms with Crippen LogP contribution in [-0.2, 0) is 24.0 Å². The SMILES string of the molecule is Cc1cc(=O)oc2cc(NC(=O)C(NC(=O)C(C)NC(=O)C(C)NC(=O)CCC(=O)O)C(C)C)ccc12. The summed E-state index contributed by atoms with van der Waals surface area (Å²) >= 11 is 0. The van der Waals surface area contributed by atoms with Gasteiger partial charge in [0, 0.05) is 29.6 Å². The van der Waals surface area contributed by atoms with Crippen LogP contribution in [0.4, 0.5) is 5.69 Å². The minimum atomic E-state index is -1.14. The molecule has 3 atom stereocenters. The predicted octanol–water partition coefficient (Wildman–Crippen LogP) is 1.05. The van der Waals surface area contributed by atoms with Crippen LogP contribution >= 0.6 is 0 Å². The molecular formula is C25H32N4O8. The van der Waals surface area contributed by atoms with Crippen LogP contribution in [0.3, 0.4) is 0 Å². The molecule has 200 valence electrons. The zero-order chi connectivity index (χ0) is 27.9. The van der Waals surface area contributed by atoms with E-state index >= 15 is 0 Å². The van der Waals surface area contributed by atoms with Gasteiger partial charge < -0.3 is 30.8 Å². The summed E-state index contributed by atoms with van der Waals surface area (Å²) in [7, 11) is 0. The van der Waals surface area contributed by atoms with Gasteiger partial charge in [0.2, 0.25) is 23.6 Å². The third-order valence-electron chi connectivity index (χ3n) is 5.55. The third-order valence-corrected chi connectivity index (χ3v) is 5.55. The molecule has 1 heterocycles. The molecule has 0 radical (unpaired) electrons. The number of carboxylic acid groups (broad SMARTS) is 1. The Morgan fingerprint density at radius 3 is 2.11 bits per heavy atom. The Morgan fingerprint density at radius 2 is 1.49 bits per heavy atom. The second-order valence-corrected chi connectivity index (χ2v) is 9.09. The van der Waals surface area contributed by atoms with Gasteiger partial charge in [-0.3, -0.25) is 24.0 Å². The standard InChI is InChI=1S/C25H32N4O8/c1-12(2)22(25(36)28-16-6-7-17-13(3)10-21(33)37-18(17)11-16)29-24(35)15(5)27-23(34)14(4)26-19(30)8-9-20(31)32/h6-7,10-12,14-15,22H,8-9H2,1-5H3,(H,26,30)(H,27,34)(H,28,36)(H,29,35)(H,31,32). The van der Waals surface area contributed by atoms with Crippen molar-refractivity contribution in [2.45, 2.75) is 65.6 Å². The van der Waals surface area contributed by atoms with Crippen LogP contribution in [0.15, 0.2) is 33.5 Å². The topological polar surface area (TPSA) is 184 Å². The van der Waals surface area contributed by atoms with E-state index in [0.29, 0.717) is 11.3 Å². The molecule has 0 saturated carbocycles. The van der Waals surface area contributed by atoms with Crippen molar-refractivity contribution in [3.05, 3.63) is 40.2 Å². The second-order valence-electron chi connectivity index (χ2n) is 9.09. The molecule has 12 heteroatoms. The Labute approximate surface area is 213 Å². The number of nitrogens with one attached hydrogen (secondary N) is 4. The minimum absolute atomic E-state index is 0.281. The highest BCUT2D eigenvalue weighted by atomic mass is 16.4. The van der Waals surface area contributed by atoms with Crippen LogP contribution in [-0.4, -0.2) is 52.8 Å². The van der Waals surface area contributed by atoms with Crippen LogP contribution in [0.5, 0.6) is 0 Å². The summed E-state index contributed by atoms with van der Waals surface area (Å²) in [4.78, 5) is 72.0. The van der Waals surface area contributed by atoms with Gasteiger partial charge in [-0.05, 0) is 44.4 Å². The number of aliphatic carboxylic acids is 1. The molecule has 3 unspecified atom stereocenters. The number of hydrogen-bond donors (Lipinski definition) is 5. The van der Waals surface area contributed by atoms with E-state index in [1.165, 1.54) is 26.0 Å². The quantitative estimate of drug-likeness (QED) is 0.274. The van der Waals surface area contributed by atoms with Crippen molar-refractivity contribution in [3.8, 4) is 0 Å². The number of amides is 4. The van der Waals surface area contributed by atoms with Gasteiger partial charge >= 0.3 is 11.6 Å². The van der Waals surface area contributed by atoms with Crippen molar-refractivity contribution in [3.63, 3.8) is 0 Å². The van der Waals surface area contributed by atoms with Crippen molar-refractivity contribution >= 4 is 46.3 Å². The Balaban J connectivity index is 2.00. The smallest absolute Gasteiger partial charge is 0.336 e. The fraction of sp³-hybridized carbons (Fsp3) is 0.440. The van der Waals surface area contributed by atoms with Gasteiger partial charge in [-0.2, -0.15) is 0 Å². The average molecular weight is 517 g/mol. The summed E-state index contributed by atoms with van der Waals surface area (Å²) in [6, 6.07) is 3.29. The van der Waals surface area contributed by atoms with Crippen LogP contribution in [0, 0.1) is 12.8 Å². The zero-order valence-corrected chi connectivity index (χ0v) is 21.3. The molecule has 0 aliphatic heterocycles. The lowest BCUT2D eigenvalue weighted by atomic mass is 10.0. The summed E-state index contributed by atoms with van der Waals surface area (Å²) in [5.74, 6) is -3.82. The van der Waals surface area contributed by atoms with Crippen molar-refractivity contribution < 1.29 is 33.5 Å². The number of anilines is 1. The molecule has 0 bridgehead atoms. The van der Waals surface area contributed by atoms with Gasteiger partial charge in [0.1, 0.15) is 23.7 Å². The Bertz CT molecular complexity index is 1250. The van der Waals surface area contributed by atoms with E-state index in [1.54, 1.807) is 32.9 Å². The van der Waals surface area contributed by atoms with Gasteiger partial charge in [-0.1, -0.05) is 13.8 Å². The number of hydrogen-bond acceptors (Lipinski definition) is 7. The Morgan fingerprint density at radius 1 is 0.865 bits per heavy atom. The first-order valence-electron chi connectivity index (χ1n) is 11.8. The molecule has 2 aromatic rings. The fourth-order valence-electron chi connectivity index (χ4n) is 3.44. The highest BCUT2D eigenvalue weighted by Gasteiger charge is 2.28. The van der Waals surface area contributed by atoms with Crippen LogP contribution in [0.2, 0.25) is 0 Å². The van der Waals surface area contributed by atoms with E-state index in [4.69, 9.17) is 9.52 Å². The van der Waals surface area contributed by atoms with E-state index < -0.39 is 53.3 Å². The number of carbonyl (C=O) groups excluding carboxylic acids is 4. The van der Waals surface area contributed by atoms with Crippen LogP contribution in [0.1, 0.15) is 46.1 Å². The molecule has 0 fully saturated rings. The Kier molecular flexibility index (Phi) is 9.92. The summed E-state index contributed by atoms with van der Waals surface area (Å²) in [6.07, 6.45) is -0.651. The molecule has 0 aliphatic carbocycles. The van der Waals surface area contributed by atoms with Gasteiger partial charge in [-0.15, -0.1) is 0 Å². The van der Waals surface area contributed by atoms with Gasteiger partial charge in [0.15, 0.2) is 0 Å². The maximum Gasteiger partial charge on any atom is 0.336 e. The van der Waals surface area contributed by atoms with Crippen LogP contribution in [0.25, 0.3) is 11.0 Å². The predicted molar refractivity (Wildman–Crippen MR) is 135 cm³/mol. The lowest BCUT2D eigenvalue weighted by molar-refractivity contribution is -0.139. The first-order chi connectivity index (χ1) is 17.3.